The lowest BCUT2D eigenvalue weighted by atomic mass is 10.1. The number of carboxylic acids is 1. The molecule has 0 bridgehead atoms. The standard InChI is InChI=1S/C22H15ClF2N2O3/c23-15-2-4-21(30-12-13-1-3-16(24)8-19(13)25)14(7-15)11-27-6-5-17-18(22(28)29)9-26-10-20(17)27/h1-10H,11-12H2,(H,28,29). The Morgan fingerprint density at radius 2 is 1.93 bits per heavy atom. The number of hydrogen-bond donors (Lipinski definition) is 1. The number of carboxylic acid groups (broad SMARTS) is 1. The lowest BCUT2D eigenvalue weighted by Crippen LogP contribution is -2.05. The summed E-state index contributed by atoms with van der Waals surface area (Å²) in [5.74, 6) is -1.92. The molecule has 152 valence electrons. The summed E-state index contributed by atoms with van der Waals surface area (Å²) in [7, 11) is 0. The van der Waals surface area contributed by atoms with Crippen molar-refractivity contribution in [2.45, 2.75) is 13.2 Å². The van der Waals surface area contributed by atoms with Crippen molar-refractivity contribution < 1.29 is 23.4 Å². The first-order chi connectivity index (χ1) is 14.4. The number of ether oxygens (including phenoxy) is 1. The van der Waals surface area contributed by atoms with Crippen molar-refractivity contribution in [3.05, 3.63) is 94.4 Å². The molecule has 30 heavy (non-hydrogen) atoms. The van der Waals surface area contributed by atoms with Crippen LogP contribution in [0.5, 0.6) is 5.75 Å². The third kappa shape index (κ3) is 3.97. The Labute approximate surface area is 175 Å². The molecule has 1 N–H and O–H groups in total. The number of halogens is 3. The van der Waals surface area contributed by atoms with Gasteiger partial charge >= 0.3 is 5.97 Å². The summed E-state index contributed by atoms with van der Waals surface area (Å²) in [5.41, 5.74) is 1.69. The maximum atomic E-state index is 13.9. The van der Waals surface area contributed by atoms with Gasteiger partial charge in [-0.25, -0.2) is 13.6 Å². The van der Waals surface area contributed by atoms with E-state index in [-0.39, 0.29) is 17.7 Å². The topological polar surface area (TPSA) is 64.3 Å². The number of rotatable bonds is 6. The van der Waals surface area contributed by atoms with Gasteiger partial charge in [0, 0.05) is 40.0 Å². The molecule has 0 spiro atoms. The Bertz CT molecular complexity index is 1260. The van der Waals surface area contributed by atoms with Crippen LogP contribution >= 0.6 is 11.6 Å². The highest BCUT2D eigenvalue weighted by atomic mass is 35.5. The zero-order chi connectivity index (χ0) is 21.3. The quantitative estimate of drug-likeness (QED) is 0.453. The highest BCUT2D eigenvalue weighted by Gasteiger charge is 2.14. The van der Waals surface area contributed by atoms with Crippen LogP contribution < -0.4 is 4.74 Å². The van der Waals surface area contributed by atoms with Crippen molar-refractivity contribution in [2.24, 2.45) is 0 Å². The monoisotopic (exact) mass is 428 g/mol. The number of hydrogen-bond acceptors (Lipinski definition) is 3. The van der Waals surface area contributed by atoms with Crippen molar-refractivity contribution in [3.63, 3.8) is 0 Å². The minimum Gasteiger partial charge on any atom is -0.488 e. The summed E-state index contributed by atoms with van der Waals surface area (Å²) in [6.45, 7) is 0.244. The van der Waals surface area contributed by atoms with Crippen LogP contribution in [0.15, 0.2) is 61.1 Å². The molecule has 2 aromatic heterocycles. The molecule has 2 heterocycles. The van der Waals surface area contributed by atoms with Crippen LogP contribution in [0.1, 0.15) is 21.5 Å². The number of pyridine rings is 1. The number of nitrogens with zero attached hydrogens (tertiary/aromatic N) is 2. The molecule has 0 radical (unpaired) electrons. The van der Waals surface area contributed by atoms with E-state index in [1.54, 1.807) is 36.7 Å². The van der Waals surface area contributed by atoms with Crippen LogP contribution in [0, 0.1) is 11.6 Å². The smallest absolute Gasteiger partial charge is 0.337 e. The Hall–Kier alpha value is -3.45. The van der Waals surface area contributed by atoms with E-state index >= 15 is 0 Å². The molecular formula is C22H15ClF2N2O3. The summed E-state index contributed by atoms with van der Waals surface area (Å²) < 4.78 is 34.6. The lowest BCUT2D eigenvalue weighted by Gasteiger charge is -2.14. The molecule has 2 aromatic carbocycles. The van der Waals surface area contributed by atoms with Gasteiger partial charge in [-0.2, -0.15) is 0 Å². The van der Waals surface area contributed by atoms with Gasteiger partial charge in [-0.1, -0.05) is 11.6 Å². The second-order valence-electron chi connectivity index (χ2n) is 6.65. The lowest BCUT2D eigenvalue weighted by molar-refractivity contribution is 0.0698. The molecule has 0 atom stereocenters. The van der Waals surface area contributed by atoms with Crippen LogP contribution in [-0.4, -0.2) is 20.6 Å². The maximum Gasteiger partial charge on any atom is 0.337 e. The molecular weight excluding hydrogens is 414 g/mol. The Balaban J connectivity index is 1.64. The predicted octanol–water partition coefficient (Wildman–Crippen LogP) is 5.29. The SMILES string of the molecule is O=C(O)c1cncc2c1ccn2Cc1cc(Cl)ccc1OCc1ccc(F)cc1F. The summed E-state index contributed by atoms with van der Waals surface area (Å²) >= 11 is 6.15. The Kier molecular flexibility index (Phi) is 5.37. The second-order valence-corrected chi connectivity index (χ2v) is 7.08. The molecule has 0 aliphatic rings. The van der Waals surface area contributed by atoms with Crippen molar-refractivity contribution in [1.29, 1.82) is 0 Å². The van der Waals surface area contributed by atoms with E-state index in [0.717, 1.165) is 6.07 Å². The highest BCUT2D eigenvalue weighted by molar-refractivity contribution is 6.30. The zero-order valence-electron chi connectivity index (χ0n) is 15.5. The molecule has 0 amide bonds. The minimum absolute atomic E-state index is 0.0854. The van der Waals surface area contributed by atoms with Gasteiger partial charge in [0.15, 0.2) is 0 Å². The van der Waals surface area contributed by atoms with Gasteiger partial charge in [0.2, 0.25) is 0 Å². The first-order valence-electron chi connectivity index (χ1n) is 8.93. The molecule has 4 aromatic rings. The molecule has 0 unspecified atom stereocenters. The van der Waals surface area contributed by atoms with Crippen molar-refractivity contribution in [1.82, 2.24) is 9.55 Å². The number of fused-ring (bicyclic) bond motifs is 1. The van der Waals surface area contributed by atoms with Gasteiger partial charge in [-0.3, -0.25) is 4.98 Å². The minimum atomic E-state index is -1.06. The van der Waals surface area contributed by atoms with Crippen molar-refractivity contribution >= 4 is 28.5 Å². The van der Waals surface area contributed by atoms with E-state index in [1.807, 2.05) is 4.57 Å². The number of benzene rings is 2. The van der Waals surface area contributed by atoms with E-state index in [0.29, 0.717) is 33.8 Å². The predicted molar refractivity (Wildman–Crippen MR) is 108 cm³/mol. The number of aromatic carboxylic acids is 1. The summed E-state index contributed by atoms with van der Waals surface area (Å²) in [5, 5.41) is 10.4. The molecule has 8 heteroatoms. The second kappa shape index (κ2) is 8.12. The molecule has 0 aliphatic heterocycles. The largest absolute Gasteiger partial charge is 0.488 e. The molecule has 4 rings (SSSR count). The summed E-state index contributed by atoms with van der Waals surface area (Å²) in [6.07, 6.45) is 4.64. The van der Waals surface area contributed by atoms with Crippen molar-refractivity contribution in [3.8, 4) is 5.75 Å². The van der Waals surface area contributed by atoms with Gasteiger partial charge in [0.1, 0.15) is 24.0 Å². The van der Waals surface area contributed by atoms with Crippen LogP contribution in [0.2, 0.25) is 5.02 Å². The average molecular weight is 429 g/mol. The summed E-state index contributed by atoms with van der Waals surface area (Å²) in [4.78, 5) is 15.4. The zero-order valence-corrected chi connectivity index (χ0v) is 16.2. The van der Waals surface area contributed by atoms with Gasteiger partial charge in [-0.05, 0) is 36.4 Å². The molecule has 0 aliphatic carbocycles. The van der Waals surface area contributed by atoms with E-state index in [4.69, 9.17) is 16.3 Å². The third-order valence-corrected chi connectivity index (χ3v) is 4.92. The van der Waals surface area contributed by atoms with E-state index in [1.165, 1.54) is 18.3 Å². The fraction of sp³-hybridized carbons (Fsp3) is 0.0909. The normalized spacial score (nSPS) is 11.0. The first-order valence-corrected chi connectivity index (χ1v) is 9.31. The van der Waals surface area contributed by atoms with Gasteiger partial charge in [0.05, 0.1) is 23.8 Å². The van der Waals surface area contributed by atoms with Crippen LogP contribution in [0.3, 0.4) is 0 Å². The highest BCUT2D eigenvalue weighted by Crippen LogP contribution is 2.27. The van der Waals surface area contributed by atoms with E-state index < -0.39 is 17.6 Å². The maximum absolute atomic E-state index is 13.9. The fourth-order valence-corrected chi connectivity index (χ4v) is 3.40. The summed E-state index contributed by atoms with van der Waals surface area (Å²) in [6, 6.07) is 10.1. The molecule has 0 saturated heterocycles. The van der Waals surface area contributed by atoms with Crippen LogP contribution in [0.25, 0.3) is 10.9 Å². The van der Waals surface area contributed by atoms with Crippen LogP contribution in [-0.2, 0) is 13.2 Å². The number of carbonyl (C=O) groups is 1. The fourth-order valence-electron chi connectivity index (χ4n) is 3.21. The molecule has 0 fully saturated rings. The van der Waals surface area contributed by atoms with Crippen LogP contribution in [0.4, 0.5) is 8.78 Å². The first kappa shape index (κ1) is 19.8. The van der Waals surface area contributed by atoms with Gasteiger partial charge in [0.25, 0.3) is 0 Å². The molecule has 5 nitrogen and oxygen atoms in total. The van der Waals surface area contributed by atoms with Gasteiger partial charge in [-0.15, -0.1) is 0 Å². The molecule has 0 saturated carbocycles. The number of aromatic nitrogens is 2. The van der Waals surface area contributed by atoms with E-state index in [2.05, 4.69) is 4.98 Å². The van der Waals surface area contributed by atoms with E-state index in [9.17, 15) is 18.7 Å². The average Bonchev–Trinajstić information content (AvgIpc) is 3.11. The van der Waals surface area contributed by atoms with Crippen molar-refractivity contribution in [2.75, 3.05) is 0 Å². The third-order valence-electron chi connectivity index (χ3n) is 4.69. The Morgan fingerprint density at radius 1 is 1.10 bits per heavy atom. The van der Waals surface area contributed by atoms with Gasteiger partial charge < -0.3 is 14.4 Å². The Morgan fingerprint density at radius 3 is 2.70 bits per heavy atom.